The van der Waals surface area contributed by atoms with E-state index in [1.54, 1.807) is 12.1 Å². The zero-order valence-corrected chi connectivity index (χ0v) is 22.9. The fraction of sp³-hybridized carbons (Fsp3) is 0.324. The van der Waals surface area contributed by atoms with E-state index in [2.05, 4.69) is 71.3 Å². The second kappa shape index (κ2) is 13.3. The van der Waals surface area contributed by atoms with Crippen LogP contribution < -0.4 is 9.47 Å². The van der Waals surface area contributed by atoms with Gasteiger partial charge >= 0.3 is 5.97 Å². The zero-order chi connectivity index (χ0) is 27.7. The number of benzene rings is 3. The summed E-state index contributed by atoms with van der Waals surface area (Å²) in [4.78, 5) is 13.1. The molecule has 1 aliphatic heterocycles. The first-order chi connectivity index (χ1) is 19.5. The predicted molar refractivity (Wildman–Crippen MR) is 156 cm³/mol. The lowest BCUT2D eigenvalue weighted by Crippen LogP contribution is -2.36. The quantitative estimate of drug-likeness (QED) is 0.343. The molecule has 1 aliphatic carbocycles. The molecule has 0 atom stereocenters. The van der Waals surface area contributed by atoms with Gasteiger partial charge in [-0.3, -0.25) is 4.90 Å². The van der Waals surface area contributed by atoms with Crippen LogP contribution in [0.15, 0.2) is 72.8 Å². The minimum atomic E-state index is -1.00. The zero-order valence-electron chi connectivity index (χ0n) is 22.9. The SMILES string of the molecule is Cc1cc(OCC=C(c2ccc(C#CCN3CCOCC3)cc2)c2ccc(C3CC3)cc2)ccc1OCC(=O)O. The molecule has 0 aromatic heterocycles. The Hall–Kier alpha value is -4.05. The molecule has 6 heteroatoms. The van der Waals surface area contributed by atoms with Crippen LogP contribution in [0, 0.1) is 18.8 Å². The Morgan fingerprint density at radius 1 is 1.00 bits per heavy atom. The molecule has 0 unspecified atom stereocenters. The van der Waals surface area contributed by atoms with Crippen LogP contribution in [0.1, 0.15) is 46.6 Å². The summed E-state index contributed by atoms with van der Waals surface area (Å²) in [5.41, 5.74) is 6.59. The lowest BCUT2D eigenvalue weighted by atomic mass is 9.95. The molecule has 6 nitrogen and oxygen atoms in total. The van der Waals surface area contributed by atoms with E-state index >= 15 is 0 Å². The largest absolute Gasteiger partial charge is 0.489 e. The molecule has 1 saturated carbocycles. The third kappa shape index (κ3) is 7.75. The first kappa shape index (κ1) is 27.5. The van der Waals surface area contributed by atoms with Gasteiger partial charge in [0.2, 0.25) is 0 Å². The molecule has 206 valence electrons. The van der Waals surface area contributed by atoms with Crippen LogP contribution in [0.2, 0.25) is 0 Å². The van der Waals surface area contributed by atoms with Crippen LogP contribution in [-0.2, 0) is 9.53 Å². The number of carboxylic acids is 1. The minimum Gasteiger partial charge on any atom is -0.489 e. The van der Waals surface area contributed by atoms with Gasteiger partial charge < -0.3 is 19.3 Å². The van der Waals surface area contributed by atoms with Gasteiger partial charge in [-0.25, -0.2) is 4.79 Å². The standard InChI is InChI=1S/C34H35NO5/c1-25-23-31(14-15-33(25)40-24-34(36)37)39-20-16-32(30-12-10-28(11-13-30)27-8-9-27)29-6-4-26(5-7-29)3-2-17-35-18-21-38-22-19-35/h4-7,10-16,23,27H,8-9,17-22,24H2,1H3,(H,36,37). The Balaban J connectivity index is 1.29. The number of aryl methyl sites for hydroxylation is 1. The number of carboxylic acid groups (broad SMARTS) is 1. The molecule has 0 spiro atoms. The lowest BCUT2D eigenvalue weighted by molar-refractivity contribution is -0.139. The van der Waals surface area contributed by atoms with Gasteiger partial charge in [0.25, 0.3) is 0 Å². The van der Waals surface area contributed by atoms with Gasteiger partial charge in [0.05, 0.1) is 19.8 Å². The van der Waals surface area contributed by atoms with Crippen molar-refractivity contribution in [1.29, 1.82) is 0 Å². The maximum atomic E-state index is 10.8. The first-order valence-electron chi connectivity index (χ1n) is 13.8. The fourth-order valence-electron chi connectivity index (χ4n) is 4.73. The highest BCUT2D eigenvalue weighted by Crippen LogP contribution is 2.40. The van der Waals surface area contributed by atoms with Crippen LogP contribution in [-0.4, -0.2) is 62.0 Å². The van der Waals surface area contributed by atoms with Gasteiger partial charge in [-0.2, -0.15) is 0 Å². The summed E-state index contributed by atoms with van der Waals surface area (Å²) < 4.78 is 16.8. The van der Waals surface area contributed by atoms with Gasteiger partial charge in [0, 0.05) is 18.7 Å². The number of ether oxygens (including phenoxy) is 3. The summed E-state index contributed by atoms with van der Waals surface area (Å²) in [5.74, 6) is 7.54. The summed E-state index contributed by atoms with van der Waals surface area (Å²) in [5, 5.41) is 8.86. The Kier molecular flexibility index (Phi) is 9.18. The van der Waals surface area contributed by atoms with Crippen molar-refractivity contribution in [1.82, 2.24) is 4.90 Å². The minimum absolute atomic E-state index is 0.370. The normalized spacial score (nSPS) is 15.7. The molecule has 0 radical (unpaired) electrons. The highest BCUT2D eigenvalue weighted by Gasteiger charge is 2.23. The van der Waals surface area contributed by atoms with Gasteiger partial charge in [0.15, 0.2) is 6.61 Å². The Bertz CT molecular complexity index is 1390. The Labute approximate surface area is 236 Å². The van der Waals surface area contributed by atoms with E-state index in [4.69, 9.17) is 19.3 Å². The van der Waals surface area contributed by atoms with E-state index in [0.717, 1.165) is 60.7 Å². The van der Waals surface area contributed by atoms with Gasteiger partial charge in [0.1, 0.15) is 18.1 Å². The van der Waals surface area contributed by atoms with Crippen LogP contribution in [0.4, 0.5) is 0 Å². The number of carbonyl (C=O) groups is 1. The molecule has 1 N–H and O–H groups in total. The summed E-state index contributed by atoms with van der Waals surface area (Å²) >= 11 is 0. The number of aliphatic carboxylic acids is 1. The number of nitrogens with zero attached hydrogens (tertiary/aromatic N) is 1. The molecule has 3 aromatic carbocycles. The second-order valence-corrected chi connectivity index (χ2v) is 10.2. The van der Waals surface area contributed by atoms with Crippen molar-refractivity contribution in [3.05, 3.63) is 101 Å². The van der Waals surface area contributed by atoms with Crippen molar-refractivity contribution >= 4 is 11.5 Å². The Morgan fingerprint density at radius 3 is 2.35 bits per heavy atom. The van der Waals surface area contributed by atoms with E-state index in [9.17, 15) is 4.79 Å². The predicted octanol–water partition coefficient (Wildman–Crippen LogP) is 5.53. The molecule has 3 aromatic rings. The van der Waals surface area contributed by atoms with Crippen LogP contribution in [0.25, 0.3) is 5.57 Å². The molecular formula is C34H35NO5. The maximum Gasteiger partial charge on any atom is 0.341 e. The molecular weight excluding hydrogens is 502 g/mol. The topological polar surface area (TPSA) is 68.2 Å². The average Bonchev–Trinajstić information content (AvgIpc) is 3.82. The summed E-state index contributed by atoms with van der Waals surface area (Å²) in [6, 6.07) is 22.7. The summed E-state index contributed by atoms with van der Waals surface area (Å²) in [6.45, 7) is 6.08. The second-order valence-electron chi connectivity index (χ2n) is 10.2. The third-order valence-corrected chi connectivity index (χ3v) is 7.14. The van der Waals surface area contributed by atoms with Crippen molar-refractivity contribution in [2.75, 3.05) is 46.1 Å². The van der Waals surface area contributed by atoms with Gasteiger partial charge in [-0.1, -0.05) is 48.2 Å². The molecule has 0 bridgehead atoms. The molecule has 2 fully saturated rings. The van der Waals surface area contributed by atoms with Gasteiger partial charge in [-0.15, -0.1) is 0 Å². The summed E-state index contributed by atoms with van der Waals surface area (Å²) in [7, 11) is 0. The van der Waals surface area contributed by atoms with Crippen molar-refractivity contribution < 1.29 is 24.1 Å². The highest BCUT2D eigenvalue weighted by atomic mass is 16.5. The molecule has 1 heterocycles. The number of hydrogen-bond donors (Lipinski definition) is 1. The summed E-state index contributed by atoms with van der Waals surface area (Å²) in [6.07, 6.45) is 4.67. The monoisotopic (exact) mass is 537 g/mol. The highest BCUT2D eigenvalue weighted by molar-refractivity contribution is 5.80. The number of morpholine rings is 1. The van der Waals surface area contributed by atoms with E-state index in [1.807, 2.05) is 13.0 Å². The lowest BCUT2D eigenvalue weighted by Gasteiger charge is -2.24. The van der Waals surface area contributed by atoms with Crippen LogP contribution in [0.3, 0.4) is 0 Å². The number of rotatable bonds is 10. The molecule has 2 aliphatic rings. The van der Waals surface area contributed by atoms with E-state index in [-0.39, 0.29) is 6.61 Å². The number of hydrogen-bond acceptors (Lipinski definition) is 5. The first-order valence-corrected chi connectivity index (χ1v) is 13.8. The van der Waals surface area contributed by atoms with Crippen LogP contribution in [0.5, 0.6) is 11.5 Å². The molecule has 40 heavy (non-hydrogen) atoms. The van der Waals surface area contributed by atoms with Crippen molar-refractivity contribution in [2.24, 2.45) is 0 Å². The van der Waals surface area contributed by atoms with Crippen molar-refractivity contribution in [3.63, 3.8) is 0 Å². The van der Waals surface area contributed by atoms with Crippen molar-refractivity contribution in [2.45, 2.75) is 25.7 Å². The van der Waals surface area contributed by atoms with E-state index < -0.39 is 5.97 Å². The Morgan fingerprint density at radius 2 is 1.70 bits per heavy atom. The van der Waals surface area contributed by atoms with Gasteiger partial charge in [-0.05, 0) is 89.9 Å². The molecule has 0 amide bonds. The van der Waals surface area contributed by atoms with Crippen LogP contribution >= 0.6 is 0 Å². The molecule has 1 saturated heterocycles. The van der Waals surface area contributed by atoms with E-state index in [0.29, 0.717) is 24.0 Å². The maximum absolute atomic E-state index is 10.8. The molecule has 5 rings (SSSR count). The smallest absolute Gasteiger partial charge is 0.341 e. The average molecular weight is 538 g/mol. The third-order valence-electron chi connectivity index (χ3n) is 7.14. The van der Waals surface area contributed by atoms with E-state index in [1.165, 1.54) is 18.4 Å². The van der Waals surface area contributed by atoms with Crippen molar-refractivity contribution in [3.8, 4) is 23.3 Å². The fourth-order valence-corrected chi connectivity index (χ4v) is 4.73.